The van der Waals surface area contributed by atoms with Crippen molar-refractivity contribution in [3.8, 4) is 0 Å². The number of esters is 1. The first-order valence-corrected chi connectivity index (χ1v) is 2.97. The van der Waals surface area contributed by atoms with Crippen LogP contribution in [-0.2, 0) is 9.53 Å². The van der Waals surface area contributed by atoms with E-state index in [1.165, 1.54) is 6.92 Å². The minimum absolute atomic E-state index is 0.247. The van der Waals surface area contributed by atoms with Gasteiger partial charge in [0.05, 0.1) is 0 Å². The summed E-state index contributed by atoms with van der Waals surface area (Å²) in [6, 6.07) is 0. The zero-order valence-electron chi connectivity index (χ0n) is 6.23. The molecule has 0 amide bonds. The SMILES string of the molecule is [CH2]CC(C)(C)OC(C)=O. The Morgan fingerprint density at radius 1 is 1.67 bits per heavy atom. The van der Waals surface area contributed by atoms with E-state index in [9.17, 15) is 4.79 Å². The second kappa shape index (κ2) is 2.85. The number of carbonyl (C=O) groups is 1. The van der Waals surface area contributed by atoms with Gasteiger partial charge in [-0.25, -0.2) is 0 Å². The minimum atomic E-state index is -0.397. The van der Waals surface area contributed by atoms with E-state index in [2.05, 4.69) is 6.92 Å². The van der Waals surface area contributed by atoms with Crippen molar-refractivity contribution in [2.24, 2.45) is 0 Å². The largest absolute Gasteiger partial charge is 0.460 e. The van der Waals surface area contributed by atoms with E-state index in [4.69, 9.17) is 4.74 Å². The number of ether oxygens (including phenoxy) is 1. The average molecular weight is 129 g/mol. The number of hydrogen-bond donors (Lipinski definition) is 0. The Morgan fingerprint density at radius 3 is 2.22 bits per heavy atom. The maximum Gasteiger partial charge on any atom is 0.303 e. The van der Waals surface area contributed by atoms with E-state index < -0.39 is 5.60 Å². The van der Waals surface area contributed by atoms with Gasteiger partial charge in [0.15, 0.2) is 0 Å². The molecule has 0 atom stereocenters. The second-order valence-electron chi connectivity index (χ2n) is 2.60. The van der Waals surface area contributed by atoms with Crippen LogP contribution in [0.4, 0.5) is 0 Å². The molecule has 2 heteroatoms. The van der Waals surface area contributed by atoms with Gasteiger partial charge in [0, 0.05) is 6.92 Å². The number of rotatable bonds is 2. The molecule has 0 saturated carbocycles. The fraction of sp³-hybridized carbons (Fsp3) is 0.714. The Kier molecular flexibility index (Phi) is 2.68. The van der Waals surface area contributed by atoms with Crippen LogP contribution in [0.5, 0.6) is 0 Å². The van der Waals surface area contributed by atoms with Crippen molar-refractivity contribution in [1.29, 1.82) is 0 Å². The monoisotopic (exact) mass is 129 g/mol. The zero-order valence-corrected chi connectivity index (χ0v) is 6.23. The standard InChI is InChI=1S/C7H13O2/c1-5-7(3,4)9-6(2)8/h1,5H2,2-4H3. The number of carbonyl (C=O) groups excluding carboxylic acids is 1. The summed E-state index contributed by atoms with van der Waals surface area (Å²) in [5, 5.41) is 0. The van der Waals surface area contributed by atoms with Crippen LogP contribution in [0.1, 0.15) is 27.2 Å². The molecule has 2 nitrogen and oxygen atoms in total. The summed E-state index contributed by atoms with van der Waals surface area (Å²) in [7, 11) is 0. The quantitative estimate of drug-likeness (QED) is 0.529. The Balaban J connectivity index is 3.71. The fourth-order valence-electron chi connectivity index (χ4n) is 0.440. The lowest BCUT2D eigenvalue weighted by Gasteiger charge is -2.21. The molecule has 0 saturated heterocycles. The Bertz CT molecular complexity index is 105. The van der Waals surface area contributed by atoms with E-state index in [1.54, 1.807) is 0 Å². The fourth-order valence-corrected chi connectivity index (χ4v) is 0.440. The average Bonchev–Trinajstić information content (AvgIpc) is 1.63. The highest BCUT2D eigenvalue weighted by molar-refractivity contribution is 5.66. The summed E-state index contributed by atoms with van der Waals surface area (Å²) < 4.78 is 4.89. The molecule has 0 aromatic heterocycles. The summed E-state index contributed by atoms with van der Waals surface area (Å²) in [6.45, 7) is 8.70. The first kappa shape index (κ1) is 8.47. The van der Waals surface area contributed by atoms with E-state index in [1.807, 2.05) is 13.8 Å². The van der Waals surface area contributed by atoms with Gasteiger partial charge in [-0.3, -0.25) is 4.79 Å². The van der Waals surface area contributed by atoms with Crippen LogP contribution in [-0.4, -0.2) is 11.6 Å². The molecule has 0 N–H and O–H groups in total. The first-order valence-electron chi connectivity index (χ1n) is 2.97. The lowest BCUT2D eigenvalue weighted by molar-refractivity contribution is -0.153. The summed E-state index contributed by atoms with van der Waals surface area (Å²) in [6.07, 6.45) is 0.604. The van der Waals surface area contributed by atoms with Gasteiger partial charge in [-0.15, -0.1) is 0 Å². The summed E-state index contributed by atoms with van der Waals surface area (Å²) in [4.78, 5) is 10.4. The predicted octanol–water partition coefficient (Wildman–Crippen LogP) is 1.55. The van der Waals surface area contributed by atoms with Gasteiger partial charge in [-0.2, -0.15) is 0 Å². The molecule has 0 unspecified atom stereocenters. The topological polar surface area (TPSA) is 26.3 Å². The molecule has 0 aliphatic carbocycles. The van der Waals surface area contributed by atoms with Gasteiger partial charge in [-0.1, -0.05) is 0 Å². The molecule has 0 fully saturated rings. The van der Waals surface area contributed by atoms with Crippen LogP contribution in [0.15, 0.2) is 0 Å². The lowest BCUT2D eigenvalue weighted by Crippen LogP contribution is -2.25. The van der Waals surface area contributed by atoms with Crippen LogP contribution in [0.25, 0.3) is 0 Å². The lowest BCUT2D eigenvalue weighted by atomic mass is 10.1. The molecule has 0 aromatic rings. The molecule has 0 aliphatic rings. The molecule has 1 radical (unpaired) electrons. The van der Waals surface area contributed by atoms with E-state index in [0.717, 1.165) is 0 Å². The van der Waals surface area contributed by atoms with Crippen molar-refractivity contribution >= 4 is 5.97 Å². The Hall–Kier alpha value is -0.530. The highest BCUT2D eigenvalue weighted by Crippen LogP contribution is 2.12. The van der Waals surface area contributed by atoms with E-state index >= 15 is 0 Å². The van der Waals surface area contributed by atoms with Crippen LogP contribution in [0.2, 0.25) is 0 Å². The van der Waals surface area contributed by atoms with Gasteiger partial charge >= 0.3 is 5.97 Å². The van der Waals surface area contributed by atoms with Crippen molar-refractivity contribution in [3.05, 3.63) is 6.92 Å². The van der Waals surface area contributed by atoms with Gasteiger partial charge in [-0.05, 0) is 27.2 Å². The van der Waals surface area contributed by atoms with Crippen LogP contribution in [0, 0.1) is 6.92 Å². The second-order valence-corrected chi connectivity index (χ2v) is 2.60. The predicted molar refractivity (Wildman–Crippen MR) is 35.8 cm³/mol. The first-order chi connectivity index (χ1) is 3.98. The third-order valence-electron chi connectivity index (χ3n) is 1.02. The molecule has 53 valence electrons. The normalized spacial score (nSPS) is 11.1. The van der Waals surface area contributed by atoms with Gasteiger partial charge in [0.1, 0.15) is 5.60 Å². The maximum absolute atomic E-state index is 10.4. The molecule has 0 aliphatic heterocycles. The summed E-state index contributed by atoms with van der Waals surface area (Å²) in [5.41, 5.74) is -0.397. The van der Waals surface area contributed by atoms with Crippen molar-refractivity contribution in [1.82, 2.24) is 0 Å². The van der Waals surface area contributed by atoms with Crippen LogP contribution in [0.3, 0.4) is 0 Å². The highest BCUT2D eigenvalue weighted by Gasteiger charge is 2.17. The maximum atomic E-state index is 10.4. The van der Waals surface area contributed by atoms with Crippen molar-refractivity contribution in [2.75, 3.05) is 0 Å². The Morgan fingerprint density at radius 2 is 2.11 bits per heavy atom. The third kappa shape index (κ3) is 4.01. The van der Waals surface area contributed by atoms with Crippen molar-refractivity contribution < 1.29 is 9.53 Å². The van der Waals surface area contributed by atoms with Crippen molar-refractivity contribution in [2.45, 2.75) is 32.8 Å². The van der Waals surface area contributed by atoms with Gasteiger partial charge in [0.2, 0.25) is 0 Å². The molecule has 0 spiro atoms. The molecule has 0 rings (SSSR count). The summed E-state index contributed by atoms with van der Waals surface area (Å²) in [5.74, 6) is -0.247. The Labute approximate surface area is 56.2 Å². The summed E-state index contributed by atoms with van der Waals surface area (Å²) >= 11 is 0. The van der Waals surface area contributed by atoms with Crippen molar-refractivity contribution in [3.63, 3.8) is 0 Å². The molecule has 0 bridgehead atoms. The molecular weight excluding hydrogens is 116 g/mol. The van der Waals surface area contributed by atoms with Crippen LogP contribution >= 0.6 is 0 Å². The van der Waals surface area contributed by atoms with E-state index in [-0.39, 0.29) is 5.97 Å². The van der Waals surface area contributed by atoms with E-state index in [0.29, 0.717) is 6.42 Å². The van der Waals surface area contributed by atoms with Gasteiger partial charge in [0.25, 0.3) is 0 Å². The molecular formula is C7H13O2. The highest BCUT2D eigenvalue weighted by atomic mass is 16.6. The molecule has 0 heterocycles. The number of hydrogen-bond acceptors (Lipinski definition) is 2. The smallest absolute Gasteiger partial charge is 0.303 e. The molecule has 0 aromatic carbocycles. The third-order valence-corrected chi connectivity index (χ3v) is 1.02. The molecule has 9 heavy (non-hydrogen) atoms. The zero-order chi connectivity index (χ0) is 7.49. The minimum Gasteiger partial charge on any atom is -0.460 e. The van der Waals surface area contributed by atoms with Gasteiger partial charge < -0.3 is 4.74 Å². The van der Waals surface area contributed by atoms with Crippen LogP contribution < -0.4 is 0 Å².